The number of halogens is 3. The van der Waals surface area contributed by atoms with Gasteiger partial charge in [-0.15, -0.1) is 0 Å². The van der Waals surface area contributed by atoms with Crippen LogP contribution in [0.4, 0.5) is 8.78 Å². The molecule has 2 N–H and O–H groups in total. The molecule has 2 aromatic carbocycles. The summed E-state index contributed by atoms with van der Waals surface area (Å²) in [5.74, 6) is -1.24. The van der Waals surface area contributed by atoms with Crippen LogP contribution in [0.3, 0.4) is 0 Å². The summed E-state index contributed by atoms with van der Waals surface area (Å²) in [7, 11) is 0. The van der Waals surface area contributed by atoms with Gasteiger partial charge < -0.3 is 15.3 Å². The van der Waals surface area contributed by atoms with Crippen molar-refractivity contribution in [3.8, 4) is 0 Å². The van der Waals surface area contributed by atoms with E-state index in [2.05, 4.69) is 21.2 Å². The SMILES string of the molecule is C[C@@](O)(C(=O)N1CCC2(CC1)CC(=O)NC[C@H]2c1ccc(F)cc1)c1ccc(F)c(Br)c1. The number of rotatable bonds is 3. The lowest BCUT2D eigenvalue weighted by Gasteiger charge is -2.49. The fourth-order valence-electron chi connectivity index (χ4n) is 5.02. The molecule has 0 aliphatic carbocycles. The summed E-state index contributed by atoms with van der Waals surface area (Å²) < 4.78 is 27.2. The van der Waals surface area contributed by atoms with Gasteiger partial charge in [0.05, 0.1) is 4.47 Å². The number of likely N-dealkylation sites (tertiary alicyclic amines) is 1. The molecule has 0 radical (unpaired) electrons. The smallest absolute Gasteiger partial charge is 0.258 e. The molecule has 0 aromatic heterocycles. The Morgan fingerprint density at radius 1 is 1.19 bits per heavy atom. The Hall–Kier alpha value is -2.32. The molecule has 0 unspecified atom stereocenters. The van der Waals surface area contributed by atoms with E-state index in [1.807, 2.05) is 0 Å². The highest BCUT2D eigenvalue weighted by Crippen LogP contribution is 2.49. The van der Waals surface area contributed by atoms with E-state index in [-0.39, 0.29) is 27.5 Å². The third-order valence-corrected chi connectivity index (χ3v) is 7.58. The van der Waals surface area contributed by atoms with E-state index >= 15 is 0 Å². The molecular weight excluding hydrogens is 482 g/mol. The molecule has 5 nitrogen and oxygen atoms in total. The second kappa shape index (κ2) is 8.56. The lowest BCUT2D eigenvalue weighted by atomic mass is 9.62. The van der Waals surface area contributed by atoms with Crippen LogP contribution in [0, 0.1) is 17.0 Å². The van der Waals surface area contributed by atoms with Crippen molar-refractivity contribution in [3.05, 3.63) is 69.7 Å². The molecule has 2 heterocycles. The summed E-state index contributed by atoms with van der Waals surface area (Å²) in [6, 6.07) is 10.4. The van der Waals surface area contributed by atoms with Crippen LogP contribution in [0.2, 0.25) is 0 Å². The van der Waals surface area contributed by atoms with Crippen LogP contribution in [-0.4, -0.2) is 41.5 Å². The first-order chi connectivity index (χ1) is 15.1. The number of piperidine rings is 2. The number of nitrogens with zero attached hydrogens (tertiary/aromatic N) is 1. The summed E-state index contributed by atoms with van der Waals surface area (Å²) in [6.07, 6.45) is 1.53. The molecule has 8 heteroatoms. The maximum atomic E-state index is 13.6. The van der Waals surface area contributed by atoms with Gasteiger partial charge in [0.25, 0.3) is 5.91 Å². The molecule has 2 aliphatic rings. The van der Waals surface area contributed by atoms with Gasteiger partial charge in [0.1, 0.15) is 11.6 Å². The van der Waals surface area contributed by atoms with Crippen LogP contribution in [0.1, 0.15) is 43.2 Å². The van der Waals surface area contributed by atoms with Gasteiger partial charge in [-0.25, -0.2) is 8.78 Å². The summed E-state index contributed by atoms with van der Waals surface area (Å²) in [5.41, 5.74) is -0.866. The molecule has 170 valence electrons. The van der Waals surface area contributed by atoms with E-state index in [0.29, 0.717) is 44.5 Å². The van der Waals surface area contributed by atoms with Crippen molar-refractivity contribution in [1.29, 1.82) is 0 Å². The van der Waals surface area contributed by atoms with Gasteiger partial charge in [0.15, 0.2) is 5.60 Å². The van der Waals surface area contributed by atoms with Gasteiger partial charge in [0, 0.05) is 32.0 Å². The highest BCUT2D eigenvalue weighted by molar-refractivity contribution is 9.10. The Balaban J connectivity index is 1.53. The number of nitrogens with one attached hydrogen (secondary N) is 1. The third-order valence-electron chi connectivity index (χ3n) is 6.97. The second-order valence-electron chi connectivity index (χ2n) is 8.94. The zero-order chi connectivity index (χ0) is 23.1. The minimum Gasteiger partial charge on any atom is -0.376 e. The summed E-state index contributed by atoms with van der Waals surface area (Å²) >= 11 is 3.10. The van der Waals surface area contributed by atoms with E-state index in [1.54, 1.807) is 17.0 Å². The Kier molecular flexibility index (Phi) is 6.11. The minimum absolute atomic E-state index is 0.0200. The van der Waals surface area contributed by atoms with Crippen molar-refractivity contribution in [2.24, 2.45) is 5.41 Å². The first-order valence-electron chi connectivity index (χ1n) is 10.6. The van der Waals surface area contributed by atoms with Gasteiger partial charge in [0.2, 0.25) is 5.91 Å². The number of aliphatic hydroxyl groups is 1. The Labute approximate surface area is 193 Å². The van der Waals surface area contributed by atoms with E-state index in [0.717, 1.165) is 5.56 Å². The number of amides is 2. The number of hydrogen-bond donors (Lipinski definition) is 2. The average Bonchev–Trinajstić information content (AvgIpc) is 2.76. The molecule has 4 rings (SSSR count). The van der Waals surface area contributed by atoms with Gasteiger partial charge in [-0.3, -0.25) is 9.59 Å². The fourth-order valence-corrected chi connectivity index (χ4v) is 5.39. The zero-order valence-electron chi connectivity index (χ0n) is 17.7. The molecular formula is C24H25BrF2N2O3. The maximum Gasteiger partial charge on any atom is 0.258 e. The number of carbonyl (C=O) groups excluding carboxylic acids is 2. The Morgan fingerprint density at radius 2 is 1.84 bits per heavy atom. The summed E-state index contributed by atoms with van der Waals surface area (Å²) in [5, 5.41) is 13.9. The minimum atomic E-state index is -1.80. The van der Waals surface area contributed by atoms with Crippen LogP contribution in [0.5, 0.6) is 0 Å². The van der Waals surface area contributed by atoms with E-state index < -0.39 is 17.3 Å². The quantitative estimate of drug-likeness (QED) is 0.664. The maximum absolute atomic E-state index is 13.6. The lowest BCUT2D eigenvalue weighted by molar-refractivity contribution is -0.154. The standard InChI is InChI=1S/C24H25BrF2N2O3/c1-23(32,16-4-7-20(27)19(25)12-16)22(31)29-10-8-24(9-11-29)13-21(30)28-14-18(24)15-2-5-17(26)6-3-15/h2-7,12,18,32H,8-11,13-14H2,1H3,(H,28,30)/t18-,23-/m0/s1. The average molecular weight is 507 g/mol. The highest BCUT2D eigenvalue weighted by Gasteiger charge is 2.48. The molecule has 2 fully saturated rings. The lowest BCUT2D eigenvalue weighted by Crippen LogP contribution is -2.55. The van der Waals surface area contributed by atoms with E-state index in [1.165, 1.54) is 37.3 Å². The molecule has 2 amide bonds. The summed E-state index contributed by atoms with van der Waals surface area (Å²) in [4.78, 5) is 27.1. The van der Waals surface area contributed by atoms with Gasteiger partial charge in [-0.05, 0) is 76.5 Å². The fraction of sp³-hybridized carbons (Fsp3) is 0.417. The number of carbonyl (C=O) groups is 2. The van der Waals surface area contributed by atoms with E-state index in [4.69, 9.17) is 0 Å². The van der Waals surface area contributed by atoms with Crippen LogP contribution in [0.15, 0.2) is 46.9 Å². The molecule has 2 aromatic rings. The molecule has 0 bridgehead atoms. The normalized spacial score (nSPS) is 22.3. The summed E-state index contributed by atoms with van der Waals surface area (Å²) in [6.45, 7) is 2.67. The third kappa shape index (κ3) is 4.18. The van der Waals surface area contributed by atoms with Gasteiger partial charge in [-0.2, -0.15) is 0 Å². The van der Waals surface area contributed by atoms with Gasteiger partial charge in [-0.1, -0.05) is 18.2 Å². The Bertz CT molecular complexity index is 1030. The van der Waals surface area contributed by atoms with Crippen molar-refractivity contribution < 1.29 is 23.5 Å². The first-order valence-corrected chi connectivity index (χ1v) is 11.4. The number of hydrogen-bond acceptors (Lipinski definition) is 3. The molecule has 2 atom stereocenters. The van der Waals surface area contributed by atoms with E-state index in [9.17, 15) is 23.5 Å². The number of benzene rings is 2. The van der Waals surface area contributed by atoms with Gasteiger partial charge >= 0.3 is 0 Å². The predicted octanol–water partition coefficient (Wildman–Crippen LogP) is 3.85. The van der Waals surface area contributed by atoms with Crippen LogP contribution < -0.4 is 5.32 Å². The van der Waals surface area contributed by atoms with Crippen molar-refractivity contribution in [3.63, 3.8) is 0 Å². The molecule has 1 spiro atoms. The second-order valence-corrected chi connectivity index (χ2v) is 9.80. The zero-order valence-corrected chi connectivity index (χ0v) is 19.3. The first kappa shape index (κ1) is 22.9. The van der Waals surface area contributed by atoms with Crippen molar-refractivity contribution in [1.82, 2.24) is 10.2 Å². The molecule has 32 heavy (non-hydrogen) atoms. The molecule has 2 saturated heterocycles. The van der Waals surface area contributed by atoms with Crippen molar-refractivity contribution >= 4 is 27.7 Å². The highest BCUT2D eigenvalue weighted by atomic mass is 79.9. The van der Waals surface area contributed by atoms with Crippen molar-refractivity contribution in [2.45, 2.75) is 37.7 Å². The predicted molar refractivity (Wildman–Crippen MR) is 119 cm³/mol. The van der Waals surface area contributed by atoms with Crippen LogP contribution in [0.25, 0.3) is 0 Å². The van der Waals surface area contributed by atoms with Crippen molar-refractivity contribution in [2.75, 3.05) is 19.6 Å². The monoisotopic (exact) mass is 506 g/mol. The topological polar surface area (TPSA) is 69.6 Å². The largest absolute Gasteiger partial charge is 0.376 e. The molecule has 2 aliphatic heterocycles. The van der Waals surface area contributed by atoms with Crippen LogP contribution in [-0.2, 0) is 15.2 Å². The van der Waals surface area contributed by atoms with Crippen LogP contribution >= 0.6 is 15.9 Å². The molecule has 0 saturated carbocycles. The Morgan fingerprint density at radius 3 is 2.47 bits per heavy atom.